The Bertz CT molecular complexity index is 755. The second-order valence-corrected chi connectivity index (χ2v) is 5.25. The fraction of sp³-hybridized carbons (Fsp3) is 0.312. The topological polar surface area (TPSA) is 84.2 Å². The van der Waals surface area contributed by atoms with Crippen molar-refractivity contribution in [3.8, 4) is 0 Å². The van der Waals surface area contributed by atoms with Gasteiger partial charge in [0.2, 0.25) is 11.8 Å². The zero-order valence-corrected chi connectivity index (χ0v) is 13.4. The molecular weight excluding hydrogens is 301 g/mol. The Hall–Kier alpha value is -2.70. The molecule has 0 fully saturated rings. The van der Waals surface area contributed by atoms with Crippen LogP contribution in [0.1, 0.15) is 47.6 Å². The van der Waals surface area contributed by atoms with Gasteiger partial charge in [0.15, 0.2) is 5.69 Å². The highest BCUT2D eigenvalue weighted by atomic mass is 19.1. The van der Waals surface area contributed by atoms with Gasteiger partial charge in [0, 0.05) is 18.2 Å². The number of hydrogen-bond acceptors (Lipinski definition) is 4. The van der Waals surface area contributed by atoms with Gasteiger partial charge < -0.3 is 15.1 Å². The molecule has 0 spiro atoms. The average Bonchev–Trinajstić information content (AvgIpc) is 2.85. The smallest absolute Gasteiger partial charge is 0.277 e. The zero-order valence-electron chi connectivity index (χ0n) is 13.4. The largest absolute Gasteiger partial charge is 0.443 e. The molecule has 1 atom stereocenters. The Labute approximate surface area is 133 Å². The van der Waals surface area contributed by atoms with Crippen LogP contribution in [0.15, 0.2) is 22.6 Å². The molecule has 0 radical (unpaired) electrons. The summed E-state index contributed by atoms with van der Waals surface area (Å²) >= 11 is 0. The van der Waals surface area contributed by atoms with Crippen LogP contribution in [-0.2, 0) is 4.79 Å². The summed E-state index contributed by atoms with van der Waals surface area (Å²) < 4.78 is 18.9. The Morgan fingerprint density at radius 3 is 2.65 bits per heavy atom. The van der Waals surface area contributed by atoms with Crippen LogP contribution < -0.4 is 10.6 Å². The van der Waals surface area contributed by atoms with Crippen LogP contribution in [0.25, 0.3) is 0 Å². The normalized spacial score (nSPS) is 11.9. The van der Waals surface area contributed by atoms with E-state index in [1.54, 1.807) is 26.8 Å². The minimum absolute atomic E-state index is 0.0980. The van der Waals surface area contributed by atoms with Gasteiger partial charge in [-0.1, -0.05) is 6.07 Å². The van der Waals surface area contributed by atoms with Gasteiger partial charge in [-0.2, -0.15) is 0 Å². The van der Waals surface area contributed by atoms with E-state index in [0.29, 0.717) is 17.0 Å². The number of anilines is 1. The number of hydrogen-bond donors (Lipinski definition) is 2. The number of benzene rings is 1. The Morgan fingerprint density at radius 1 is 1.30 bits per heavy atom. The SMILES string of the molecule is CC(=O)N[C@@H](C)c1nc(C(=O)Nc2cccc(F)c2C)c(C)o1. The number of aromatic nitrogens is 1. The van der Waals surface area contributed by atoms with E-state index in [1.807, 2.05) is 0 Å². The Morgan fingerprint density at radius 2 is 2.00 bits per heavy atom. The molecule has 2 N–H and O–H groups in total. The second kappa shape index (κ2) is 6.60. The van der Waals surface area contributed by atoms with E-state index in [0.717, 1.165) is 0 Å². The van der Waals surface area contributed by atoms with Gasteiger partial charge in [0.1, 0.15) is 17.6 Å². The van der Waals surface area contributed by atoms with Crippen molar-refractivity contribution >= 4 is 17.5 Å². The van der Waals surface area contributed by atoms with Gasteiger partial charge in [-0.15, -0.1) is 0 Å². The number of oxazole rings is 1. The molecular formula is C16H18FN3O3. The van der Waals surface area contributed by atoms with Gasteiger partial charge in [-0.25, -0.2) is 9.37 Å². The Balaban J connectivity index is 2.21. The molecule has 2 rings (SSSR count). The predicted molar refractivity (Wildman–Crippen MR) is 82.6 cm³/mol. The molecule has 2 aromatic rings. The molecule has 23 heavy (non-hydrogen) atoms. The van der Waals surface area contributed by atoms with Gasteiger partial charge in [-0.3, -0.25) is 9.59 Å². The lowest BCUT2D eigenvalue weighted by Crippen LogP contribution is -2.24. The standard InChI is InChI=1S/C16H18FN3O3/c1-8-12(17)6-5-7-13(8)19-15(22)14-10(3)23-16(20-14)9(2)18-11(4)21/h5-7,9H,1-4H3,(H,18,21)(H,19,22)/t9-/m0/s1. The molecule has 1 aromatic carbocycles. The van der Waals surface area contributed by atoms with Gasteiger partial charge in [-0.05, 0) is 32.9 Å². The molecule has 0 unspecified atom stereocenters. The maximum absolute atomic E-state index is 13.5. The summed E-state index contributed by atoms with van der Waals surface area (Å²) in [7, 11) is 0. The summed E-state index contributed by atoms with van der Waals surface area (Å²) in [6.45, 7) is 6.26. The maximum Gasteiger partial charge on any atom is 0.277 e. The molecule has 1 heterocycles. The van der Waals surface area contributed by atoms with Crippen molar-refractivity contribution in [2.24, 2.45) is 0 Å². The maximum atomic E-state index is 13.5. The third-order valence-electron chi connectivity index (χ3n) is 3.33. The predicted octanol–water partition coefficient (Wildman–Crippen LogP) is 2.88. The number of halogens is 1. The van der Waals surface area contributed by atoms with Crippen LogP contribution in [0.3, 0.4) is 0 Å². The summed E-state index contributed by atoms with van der Waals surface area (Å²) in [5.74, 6) is -0.571. The van der Waals surface area contributed by atoms with E-state index < -0.39 is 17.8 Å². The molecule has 1 aromatic heterocycles. The molecule has 7 heteroatoms. The third-order valence-corrected chi connectivity index (χ3v) is 3.33. The molecule has 0 saturated carbocycles. The molecule has 0 aliphatic rings. The number of aryl methyl sites for hydroxylation is 1. The molecule has 2 amide bonds. The molecule has 0 saturated heterocycles. The van der Waals surface area contributed by atoms with Crippen molar-refractivity contribution in [1.82, 2.24) is 10.3 Å². The molecule has 122 valence electrons. The highest BCUT2D eigenvalue weighted by Gasteiger charge is 2.21. The number of carbonyl (C=O) groups is 2. The first-order chi connectivity index (χ1) is 10.8. The van der Waals surface area contributed by atoms with E-state index in [-0.39, 0.29) is 17.5 Å². The van der Waals surface area contributed by atoms with Crippen LogP contribution in [0.2, 0.25) is 0 Å². The van der Waals surface area contributed by atoms with Crippen molar-refractivity contribution in [2.45, 2.75) is 33.7 Å². The molecule has 6 nitrogen and oxygen atoms in total. The van der Waals surface area contributed by atoms with Crippen LogP contribution in [0, 0.1) is 19.7 Å². The van der Waals surface area contributed by atoms with Crippen LogP contribution in [-0.4, -0.2) is 16.8 Å². The number of carbonyl (C=O) groups excluding carboxylic acids is 2. The lowest BCUT2D eigenvalue weighted by molar-refractivity contribution is -0.119. The monoisotopic (exact) mass is 319 g/mol. The minimum Gasteiger partial charge on any atom is -0.443 e. The summed E-state index contributed by atoms with van der Waals surface area (Å²) in [5.41, 5.74) is 0.809. The number of nitrogens with one attached hydrogen (secondary N) is 2. The summed E-state index contributed by atoms with van der Waals surface area (Å²) in [6, 6.07) is 3.98. The number of rotatable bonds is 4. The number of nitrogens with zero attached hydrogens (tertiary/aromatic N) is 1. The summed E-state index contributed by atoms with van der Waals surface area (Å²) in [6.07, 6.45) is 0. The quantitative estimate of drug-likeness (QED) is 0.907. The minimum atomic E-state index is -0.499. The van der Waals surface area contributed by atoms with Crippen LogP contribution >= 0.6 is 0 Å². The molecule has 0 aliphatic heterocycles. The van der Waals surface area contributed by atoms with Gasteiger partial charge in [0.05, 0.1) is 0 Å². The van der Waals surface area contributed by atoms with Gasteiger partial charge in [0.25, 0.3) is 5.91 Å². The Kier molecular flexibility index (Phi) is 4.78. The van der Waals surface area contributed by atoms with Gasteiger partial charge >= 0.3 is 0 Å². The third kappa shape index (κ3) is 3.74. The first kappa shape index (κ1) is 16.7. The van der Waals surface area contributed by atoms with Crippen molar-refractivity contribution in [2.75, 3.05) is 5.32 Å². The highest BCUT2D eigenvalue weighted by molar-refractivity contribution is 6.03. The number of amides is 2. The second-order valence-electron chi connectivity index (χ2n) is 5.25. The van der Waals surface area contributed by atoms with E-state index in [4.69, 9.17) is 4.42 Å². The van der Waals surface area contributed by atoms with Crippen LogP contribution in [0.5, 0.6) is 0 Å². The summed E-state index contributed by atoms with van der Waals surface area (Å²) in [5, 5.41) is 5.24. The molecule has 0 bridgehead atoms. The first-order valence-electron chi connectivity index (χ1n) is 7.10. The van der Waals surface area contributed by atoms with Crippen molar-refractivity contribution in [3.63, 3.8) is 0 Å². The molecule has 0 aliphatic carbocycles. The fourth-order valence-electron chi connectivity index (χ4n) is 2.10. The van der Waals surface area contributed by atoms with E-state index in [2.05, 4.69) is 15.6 Å². The van der Waals surface area contributed by atoms with Crippen molar-refractivity contribution in [3.05, 3.63) is 46.9 Å². The summed E-state index contributed by atoms with van der Waals surface area (Å²) in [4.78, 5) is 27.5. The highest BCUT2D eigenvalue weighted by Crippen LogP contribution is 2.21. The lowest BCUT2D eigenvalue weighted by Gasteiger charge is -2.08. The van der Waals surface area contributed by atoms with Crippen LogP contribution in [0.4, 0.5) is 10.1 Å². The van der Waals surface area contributed by atoms with E-state index in [9.17, 15) is 14.0 Å². The first-order valence-corrected chi connectivity index (χ1v) is 7.10. The zero-order chi connectivity index (χ0) is 17.1. The van der Waals surface area contributed by atoms with E-state index in [1.165, 1.54) is 19.1 Å². The average molecular weight is 319 g/mol. The van der Waals surface area contributed by atoms with Crippen molar-refractivity contribution in [1.29, 1.82) is 0 Å². The van der Waals surface area contributed by atoms with E-state index >= 15 is 0 Å². The van der Waals surface area contributed by atoms with Crippen molar-refractivity contribution < 1.29 is 18.4 Å². The lowest BCUT2D eigenvalue weighted by atomic mass is 10.2. The fourth-order valence-corrected chi connectivity index (χ4v) is 2.10.